The van der Waals surface area contributed by atoms with E-state index in [1.807, 2.05) is 6.92 Å². The Balaban J connectivity index is 3.00. The molecule has 0 N–H and O–H groups in total. The molecular formula is C12H18ClNO2S. The van der Waals surface area contributed by atoms with Crippen LogP contribution in [0.1, 0.15) is 25.3 Å². The summed E-state index contributed by atoms with van der Waals surface area (Å²) in [6, 6.07) is 4.78. The highest BCUT2D eigenvalue weighted by molar-refractivity contribution is 7.89. The highest BCUT2D eigenvalue weighted by Crippen LogP contribution is 2.21. The third-order valence-corrected chi connectivity index (χ3v) is 4.94. The van der Waals surface area contributed by atoms with Crippen LogP contribution in [0, 0.1) is 6.92 Å². The first-order chi connectivity index (χ1) is 7.89. The van der Waals surface area contributed by atoms with Crippen LogP contribution in [0.15, 0.2) is 23.1 Å². The molecule has 0 aliphatic rings. The molecule has 0 heterocycles. The zero-order chi connectivity index (χ0) is 13.1. The van der Waals surface area contributed by atoms with Crippen molar-refractivity contribution in [3.8, 4) is 0 Å². The van der Waals surface area contributed by atoms with Crippen LogP contribution >= 0.6 is 11.6 Å². The second-order valence-electron chi connectivity index (χ2n) is 4.09. The number of hydrogen-bond acceptors (Lipinski definition) is 2. The molecular weight excluding hydrogens is 258 g/mol. The molecule has 1 aromatic carbocycles. The quantitative estimate of drug-likeness (QED) is 0.828. The molecule has 0 fully saturated rings. The van der Waals surface area contributed by atoms with Gasteiger partial charge in [0.1, 0.15) is 0 Å². The van der Waals surface area contributed by atoms with Crippen molar-refractivity contribution in [3.05, 3.63) is 28.8 Å². The number of sulfonamides is 1. The average molecular weight is 276 g/mol. The molecule has 0 saturated carbocycles. The Morgan fingerprint density at radius 1 is 1.35 bits per heavy atom. The van der Waals surface area contributed by atoms with E-state index in [4.69, 9.17) is 11.6 Å². The predicted molar refractivity (Wildman–Crippen MR) is 70.9 cm³/mol. The Labute approximate surface area is 108 Å². The molecule has 0 atom stereocenters. The molecule has 0 aliphatic carbocycles. The number of unbranched alkanes of at least 4 members (excludes halogenated alkanes) is 1. The van der Waals surface area contributed by atoms with Crippen LogP contribution in [0.25, 0.3) is 0 Å². The van der Waals surface area contributed by atoms with Crippen LogP contribution in [0.3, 0.4) is 0 Å². The van der Waals surface area contributed by atoms with Crippen molar-refractivity contribution in [2.24, 2.45) is 0 Å². The van der Waals surface area contributed by atoms with E-state index in [9.17, 15) is 8.42 Å². The van der Waals surface area contributed by atoms with Crippen LogP contribution in [-0.2, 0) is 10.0 Å². The largest absolute Gasteiger partial charge is 0.242 e. The SMILES string of the molecule is CCCCN(C)S(=O)(=O)c1ccc(Cl)c(C)c1. The fourth-order valence-electron chi connectivity index (χ4n) is 1.46. The molecule has 1 rings (SSSR count). The summed E-state index contributed by atoms with van der Waals surface area (Å²) in [6.45, 7) is 4.38. The first-order valence-electron chi connectivity index (χ1n) is 5.62. The van der Waals surface area contributed by atoms with Crippen molar-refractivity contribution in [3.63, 3.8) is 0 Å². The minimum atomic E-state index is -3.38. The third kappa shape index (κ3) is 3.44. The van der Waals surface area contributed by atoms with Crippen molar-refractivity contribution in [1.29, 1.82) is 0 Å². The van der Waals surface area contributed by atoms with Gasteiger partial charge in [0, 0.05) is 18.6 Å². The van der Waals surface area contributed by atoms with Gasteiger partial charge >= 0.3 is 0 Å². The van der Waals surface area contributed by atoms with Crippen molar-refractivity contribution in [2.75, 3.05) is 13.6 Å². The Morgan fingerprint density at radius 3 is 2.53 bits per heavy atom. The van der Waals surface area contributed by atoms with Crippen LogP contribution in [-0.4, -0.2) is 26.3 Å². The van der Waals surface area contributed by atoms with Gasteiger partial charge in [-0.1, -0.05) is 24.9 Å². The Bertz CT molecular complexity index is 485. The zero-order valence-corrected chi connectivity index (χ0v) is 12.0. The van der Waals surface area contributed by atoms with Crippen molar-refractivity contribution >= 4 is 21.6 Å². The van der Waals surface area contributed by atoms with Gasteiger partial charge in [0.15, 0.2) is 0 Å². The lowest BCUT2D eigenvalue weighted by molar-refractivity contribution is 0.459. The van der Waals surface area contributed by atoms with Gasteiger partial charge in [0.2, 0.25) is 10.0 Å². The van der Waals surface area contributed by atoms with Crippen LogP contribution in [0.5, 0.6) is 0 Å². The summed E-state index contributed by atoms with van der Waals surface area (Å²) in [5.74, 6) is 0. The number of hydrogen-bond donors (Lipinski definition) is 0. The molecule has 0 unspecified atom stereocenters. The van der Waals surface area contributed by atoms with E-state index >= 15 is 0 Å². The molecule has 0 amide bonds. The summed E-state index contributed by atoms with van der Waals surface area (Å²) in [6.07, 6.45) is 1.84. The monoisotopic (exact) mass is 275 g/mol. The zero-order valence-electron chi connectivity index (χ0n) is 10.4. The Hall–Kier alpha value is -0.580. The summed E-state index contributed by atoms with van der Waals surface area (Å²) in [5.41, 5.74) is 0.775. The lowest BCUT2D eigenvalue weighted by atomic mass is 10.2. The van der Waals surface area contributed by atoms with E-state index < -0.39 is 10.0 Å². The summed E-state index contributed by atoms with van der Waals surface area (Å²) >= 11 is 5.89. The summed E-state index contributed by atoms with van der Waals surface area (Å²) in [5, 5.41) is 0.583. The minimum absolute atomic E-state index is 0.304. The standard InChI is InChI=1S/C12H18ClNO2S/c1-4-5-8-14(3)17(15,16)11-6-7-12(13)10(2)9-11/h6-7,9H,4-5,8H2,1-3H3. The van der Waals surface area contributed by atoms with Crippen molar-refractivity contribution in [1.82, 2.24) is 4.31 Å². The van der Waals surface area contributed by atoms with E-state index in [1.165, 1.54) is 4.31 Å². The van der Waals surface area contributed by atoms with E-state index in [2.05, 4.69) is 0 Å². The maximum absolute atomic E-state index is 12.2. The molecule has 3 nitrogen and oxygen atoms in total. The normalized spacial score (nSPS) is 12.1. The molecule has 0 saturated heterocycles. The van der Waals surface area contributed by atoms with Gasteiger partial charge < -0.3 is 0 Å². The fourth-order valence-corrected chi connectivity index (χ4v) is 2.87. The molecule has 0 radical (unpaired) electrons. The topological polar surface area (TPSA) is 37.4 Å². The van der Waals surface area contributed by atoms with Gasteiger partial charge in [-0.05, 0) is 37.1 Å². The molecule has 0 spiro atoms. The highest BCUT2D eigenvalue weighted by atomic mass is 35.5. The fraction of sp³-hybridized carbons (Fsp3) is 0.500. The van der Waals surface area contributed by atoms with E-state index in [0.717, 1.165) is 18.4 Å². The Morgan fingerprint density at radius 2 is 2.00 bits per heavy atom. The van der Waals surface area contributed by atoms with Crippen molar-refractivity contribution in [2.45, 2.75) is 31.6 Å². The third-order valence-electron chi connectivity index (χ3n) is 2.66. The van der Waals surface area contributed by atoms with Gasteiger partial charge in [-0.25, -0.2) is 12.7 Å². The lowest BCUT2D eigenvalue weighted by Crippen LogP contribution is -2.27. The molecule has 5 heteroatoms. The van der Waals surface area contributed by atoms with Gasteiger partial charge in [0.25, 0.3) is 0 Å². The number of benzene rings is 1. The number of halogens is 1. The first-order valence-corrected chi connectivity index (χ1v) is 7.44. The predicted octanol–water partition coefficient (Wildman–Crippen LogP) is 3.07. The van der Waals surface area contributed by atoms with Crippen LogP contribution < -0.4 is 0 Å². The molecule has 0 bridgehead atoms. The van der Waals surface area contributed by atoms with Gasteiger partial charge in [-0.3, -0.25) is 0 Å². The van der Waals surface area contributed by atoms with Gasteiger partial charge in [-0.15, -0.1) is 0 Å². The first kappa shape index (κ1) is 14.5. The Kier molecular flexibility index (Phi) is 4.98. The number of aryl methyl sites for hydroxylation is 1. The van der Waals surface area contributed by atoms with Crippen LogP contribution in [0.2, 0.25) is 5.02 Å². The average Bonchev–Trinajstić information content (AvgIpc) is 2.29. The summed E-state index contributed by atoms with van der Waals surface area (Å²) < 4.78 is 25.8. The van der Waals surface area contributed by atoms with Gasteiger partial charge in [-0.2, -0.15) is 0 Å². The minimum Gasteiger partial charge on any atom is -0.207 e. The molecule has 96 valence electrons. The second kappa shape index (κ2) is 5.85. The number of nitrogens with zero attached hydrogens (tertiary/aromatic N) is 1. The van der Waals surface area contributed by atoms with Crippen LogP contribution in [0.4, 0.5) is 0 Å². The number of rotatable bonds is 5. The van der Waals surface area contributed by atoms with Crippen molar-refractivity contribution < 1.29 is 8.42 Å². The maximum Gasteiger partial charge on any atom is 0.242 e. The van der Waals surface area contributed by atoms with E-state index in [-0.39, 0.29) is 0 Å². The summed E-state index contributed by atoms with van der Waals surface area (Å²) in [7, 11) is -1.77. The molecule has 0 aromatic heterocycles. The highest BCUT2D eigenvalue weighted by Gasteiger charge is 2.20. The molecule has 17 heavy (non-hydrogen) atoms. The van der Waals surface area contributed by atoms with E-state index in [0.29, 0.717) is 16.5 Å². The molecule has 0 aliphatic heterocycles. The molecule has 1 aromatic rings. The lowest BCUT2D eigenvalue weighted by Gasteiger charge is -2.17. The van der Waals surface area contributed by atoms with E-state index in [1.54, 1.807) is 32.2 Å². The maximum atomic E-state index is 12.2. The second-order valence-corrected chi connectivity index (χ2v) is 6.54. The van der Waals surface area contributed by atoms with Gasteiger partial charge in [0.05, 0.1) is 4.90 Å². The summed E-state index contributed by atoms with van der Waals surface area (Å²) in [4.78, 5) is 0.304. The smallest absolute Gasteiger partial charge is 0.207 e.